The Bertz CT molecular complexity index is 978. The van der Waals surface area contributed by atoms with Crippen LogP contribution in [0.4, 0.5) is 10.5 Å². The number of carbonyl (C=O) groups excluding carboxylic acids is 3. The van der Waals surface area contributed by atoms with Crippen LogP contribution >= 0.6 is 0 Å². The van der Waals surface area contributed by atoms with Gasteiger partial charge in [-0.15, -0.1) is 0 Å². The minimum atomic E-state index is -1.26. The van der Waals surface area contributed by atoms with Crippen LogP contribution in [0.15, 0.2) is 24.3 Å². The van der Waals surface area contributed by atoms with Gasteiger partial charge in [0, 0.05) is 24.9 Å². The molecule has 3 heterocycles. The highest BCUT2D eigenvalue weighted by molar-refractivity contribution is 6.06. The molecule has 4 fully saturated rings. The normalized spacial score (nSPS) is 40.6. The number of hydrogen-bond acceptors (Lipinski definition) is 6. The standard InChI is InChI=1S/C23H26N2O5/c1-29-20(27)22-9-7-14-13-8-10-24-12-16(18(26)11-13)23(22,19(14)24)15-5-3-4-6-17(15)25(22)21(28)30-2/h3-6,13-14,16,19H,7-12H2,1-2H3/t13-,14-,16+,19+,22+,23+/m0/s1. The van der Waals surface area contributed by atoms with Crippen LogP contribution in [0.5, 0.6) is 0 Å². The lowest BCUT2D eigenvalue weighted by Gasteiger charge is -2.57. The lowest BCUT2D eigenvalue weighted by molar-refractivity contribution is -0.155. The third-order valence-electron chi connectivity index (χ3n) is 8.85. The first-order valence-electron chi connectivity index (χ1n) is 10.8. The number of Topliss-reactive ketones (excluding diaryl/α,β-unsaturated/α-hetero) is 1. The minimum absolute atomic E-state index is 0.0522. The maximum absolute atomic E-state index is 13.7. The summed E-state index contributed by atoms with van der Waals surface area (Å²) in [5.41, 5.74) is -0.445. The summed E-state index contributed by atoms with van der Waals surface area (Å²) in [6.45, 7) is 1.59. The van der Waals surface area contributed by atoms with Crippen molar-refractivity contribution in [2.45, 2.75) is 42.7 Å². The number of hydrogen-bond donors (Lipinski definition) is 0. The largest absolute Gasteiger partial charge is 0.467 e. The van der Waals surface area contributed by atoms with Crippen molar-refractivity contribution in [3.8, 4) is 0 Å². The molecular weight excluding hydrogens is 384 g/mol. The number of ether oxygens (including phenoxy) is 2. The third kappa shape index (κ3) is 1.73. The summed E-state index contributed by atoms with van der Waals surface area (Å²) in [4.78, 5) is 44.5. The first kappa shape index (κ1) is 18.4. The molecule has 158 valence electrons. The molecule has 1 amide bonds. The molecule has 1 aromatic rings. The Morgan fingerprint density at radius 2 is 1.93 bits per heavy atom. The molecule has 3 aliphatic heterocycles. The Hall–Kier alpha value is -2.41. The highest BCUT2D eigenvalue weighted by Crippen LogP contribution is 2.70. The number of ketones is 1. The molecule has 0 N–H and O–H groups in total. The average Bonchev–Trinajstić information content (AvgIpc) is 3.24. The fourth-order valence-corrected chi connectivity index (χ4v) is 8.11. The number of esters is 1. The summed E-state index contributed by atoms with van der Waals surface area (Å²) < 4.78 is 10.6. The van der Waals surface area contributed by atoms with Gasteiger partial charge in [-0.3, -0.25) is 14.6 Å². The zero-order valence-electron chi connectivity index (χ0n) is 17.3. The fourth-order valence-electron chi connectivity index (χ4n) is 8.11. The van der Waals surface area contributed by atoms with Crippen LogP contribution in [0.3, 0.4) is 0 Å². The molecule has 2 aliphatic carbocycles. The van der Waals surface area contributed by atoms with Crippen molar-refractivity contribution in [3.05, 3.63) is 29.8 Å². The Balaban J connectivity index is 1.73. The zero-order chi connectivity index (χ0) is 20.8. The number of nitrogens with zero attached hydrogens (tertiary/aromatic N) is 2. The molecule has 6 atom stereocenters. The van der Waals surface area contributed by atoms with E-state index in [1.807, 2.05) is 24.3 Å². The molecule has 2 saturated carbocycles. The topological polar surface area (TPSA) is 76.2 Å². The van der Waals surface area contributed by atoms with Gasteiger partial charge in [-0.25, -0.2) is 9.59 Å². The molecule has 1 spiro atoms. The Kier molecular flexibility index (Phi) is 3.58. The highest BCUT2D eigenvalue weighted by atomic mass is 16.5. The van der Waals surface area contributed by atoms with Gasteiger partial charge in [0.05, 0.1) is 25.3 Å². The number of carbonyl (C=O) groups is 3. The second-order valence-corrected chi connectivity index (χ2v) is 9.46. The Labute approximate surface area is 175 Å². The van der Waals surface area contributed by atoms with Crippen molar-refractivity contribution < 1.29 is 23.9 Å². The van der Waals surface area contributed by atoms with Crippen LogP contribution in [0, 0.1) is 17.8 Å². The Morgan fingerprint density at radius 1 is 1.13 bits per heavy atom. The molecule has 0 unspecified atom stereocenters. The molecule has 1 aromatic carbocycles. The Morgan fingerprint density at radius 3 is 2.70 bits per heavy atom. The van der Waals surface area contributed by atoms with E-state index < -0.39 is 23.0 Å². The monoisotopic (exact) mass is 410 g/mol. The number of methoxy groups -OCH3 is 2. The van der Waals surface area contributed by atoms with Crippen molar-refractivity contribution in [2.75, 3.05) is 32.2 Å². The smallest absolute Gasteiger partial charge is 0.415 e. The SMILES string of the molecule is COC(=O)N1c2ccccc2[C@]23[C@@H]4CN5CC[C@@H](CC4=O)[C@H](CC[C@]12C(=O)OC)[C@@H]53. The number of anilines is 1. The number of piperidine rings is 1. The van der Waals surface area contributed by atoms with Gasteiger partial charge in [0.25, 0.3) is 0 Å². The molecule has 5 bridgehead atoms. The first-order chi connectivity index (χ1) is 14.5. The molecule has 7 nitrogen and oxygen atoms in total. The number of amides is 1. The summed E-state index contributed by atoms with van der Waals surface area (Å²) in [6, 6.07) is 7.76. The quantitative estimate of drug-likeness (QED) is 0.660. The summed E-state index contributed by atoms with van der Waals surface area (Å²) in [5, 5.41) is 0. The molecular formula is C23H26N2O5. The van der Waals surface area contributed by atoms with Gasteiger partial charge >= 0.3 is 12.1 Å². The van der Waals surface area contributed by atoms with Gasteiger partial charge in [0.2, 0.25) is 0 Å². The molecule has 6 rings (SSSR count). The zero-order valence-corrected chi connectivity index (χ0v) is 17.3. The predicted octanol–water partition coefficient (Wildman–Crippen LogP) is 2.13. The third-order valence-corrected chi connectivity index (χ3v) is 8.85. The first-order valence-corrected chi connectivity index (χ1v) is 10.8. The number of benzene rings is 1. The van der Waals surface area contributed by atoms with Gasteiger partial charge in [-0.05, 0) is 49.3 Å². The number of para-hydroxylation sites is 1. The number of rotatable bonds is 1. The van der Waals surface area contributed by atoms with Gasteiger partial charge in [0.15, 0.2) is 5.54 Å². The van der Waals surface area contributed by atoms with Crippen LogP contribution in [0.1, 0.15) is 31.2 Å². The van der Waals surface area contributed by atoms with E-state index in [4.69, 9.17) is 9.47 Å². The van der Waals surface area contributed by atoms with E-state index in [-0.39, 0.29) is 17.7 Å². The van der Waals surface area contributed by atoms with Crippen molar-refractivity contribution in [2.24, 2.45) is 17.8 Å². The molecule has 30 heavy (non-hydrogen) atoms. The van der Waals surface area contributed by atoms with Crippen LogP contribution < -0.4 is 4.90 Å². The summed E-state index contributed by atoms with van der Waals surface area (Å²) in [5.74, 6) is 0.165. The second-order valence-electron chi connectivity index (χ2n) is 9.46. The van der Waals surface area contributed by atoms with Crippen molar-refractivity contribution in [1.29, 1.82) is 0 Å². The number of fused-ring (bicyclic) bond motifs is 1. The summed E-state index contributed by atoms with van der Waals surface area (Å²) in [6.07, 6.45) is 2.32. The highest BCUT2D eigenvalue weighted by Gasteiger charge is 2.81. The molecule has 5 aliphatic rings. The van der Waals surface area contributed by atoms with E-state index in [2.05, 4.69) is 4.90 Å². The van der Waals surface area contributed by atoms with Gasteiger partial charge in [0.1, 0.15) is 5.78 Å². The molecule has 7 heteroatoms. The second kappa shape index (κ2) is 5.84. The van der Waals surface area contributed by atoms with E-state index in [1.165, 1.54) is 19.1 Å². The van der Waals surface area contributed by atoms with Gasteiger partial charge < -0.3 is 9.47 Å². The van der Waals surface area contributed by atoms with Crippen LogP contribution in [0.2, 0.25) is 0 Å². The van der Waals surface area contributed by atoms with Crippen LogP contribution in [0.25, 0.3) is 0 Å². The maximum Gasteiger partial charge on any atom is 0.415 e. The average molecular weight is 410 g/mol. The molecule has 0 aromatic heterocycles. The lowest BCUT2D eigenvalue weighted by Crippen LogP contribution is -2.74. The molecule has 2 saturated heterocycles. The van der Waals surface area contributed by atoms with Crippen LogP contribution in [-0.4, -0.2) is 61.6 Å². The predicted molar refractivity (Wildman–Crippen MR) is 107 cm³/mol. The fraction of sp³-hybridized carbons (Fsp3) is 0.609. The van der Waals surface area contributed by atoms with Crippen LogP contribution in [-0.2, 0) is 24.5 Å². The summed E-state index contributed by atoms with van der Waals surface area (Å²) >= 11 is 0. The lowest BCUT2D eigenvalue weighted by atomic mass is 9.50. The van der Waals surface area contributed by atoms with Crippen molar-refractivity contribution in [1.82, 2.24) is 4.90 Å². The van der Waals surface area contributed by atoms with E-state index in [9.17, 15) is 14.4 Å². The van der Waals surface area contributed by atoms with Crippen molar-refractivity contribution in [3.63, 3.8) is 0 Å². The van der Waals surface area contributed by atoms with Gasteiger partial charge in [-0.1, -0.05) is 18.2 Å². The van der Waals surface area contributed by atoms with E-state index in [1.54, 1.807) is 0 Å². The van der Waals surface area contributed by atoms with Gasteiger partial charge in [-0.2, -0.15) is 0 Å². The van der Waals surface area contributed by atoms with E-state index in [0.717, 1.165) is 24.9 Å². The maximum atomic E-state index is 13.7. The summed E-state index contributed by atoms with van der Waals surface area (Å²) in [7, 11) is 2.72. The molecule has 0 radical (unpaired) electrons. The van der Waals surface area contributed by atoms with E-state index in [0.29, 0.717) is 36.9 Å². The van der Waals surface area contributed by atoms with Crippen molar-refractivity contribution >= 4 is 23.5 Å². The minimum Gasteiger partial charge on any atom is -0.467 e. The van der Waals surface area contributed by atoms with E-state index >= 15 is 0 Å².